The molecule has 17 heavy (non-hydrogen) atoms. The number of aliphatic carboxylic acids is 1. The van der Waals surface area contributed by atoms with Crippen LogP contribution in [0.1, 0.15) is 27.2 Å². The van der Waals surface area contributed by atoms with Gasteiger partial charge in [0.1, 0.15) is 6.04 Å². The molecular weight excluding hydrogens is 240 g/mol. The van der Waals surface area contributed by atoms with Crippen LogP contribution >= 0.6 is 11.8 Å². The summed E-state index contributed by atoms with van der Waals surface area (Å²) in [5.74, 6) is -1.14. The van der Waals surface area contributed by atoms with Crippen LogP contribution in [0.2, 0.25) is 0 Å². The molecule has 3 N–H and O–H groups in total. The summed E-state index contributed by atoms with van der Waals surface area (Å²) in [6.07, 6.45) is 2.89. The van der Waals surface area contributed by atoms with Crippen molar-refractivity contribution in [3.8, 4) is 0 Å². The topological polar surface area (TPSA) is 78.4 Å². The molecule has 0 aromatic heterocycles. The van der Waals surface area contributed by atoms with E-state index in [-0.39, 0.29) is 5.92 Å². The fraction of sp³-hybridized carbons (Fsp3) is 0.818. The highest BCUT2D eigenvalue weighted by Gasteiger charge is 2.23. The van der Waals surface area contributed by atoms with Gasteiger partial charge in [-0.2, -0.15) is 11.8 Å². The average Bonchev–Trinajstić information content (AvgIpc) is 2.24. The molecule has 0 aliphatic carbocycles. The molecule has 2 amide bonds. The number of carboxylic acid groups (broad SMARTS) is 1. The monoisotopic (exact) mass is 262 g/mol. The Bertz CT molecular complexity index is 259. The first-order valence-corrected chi connectivity index (χ1v) is 6.97. The molecule has 0 spiro atoms. The second kappa shape index (κ2) is 8.22. The van der Waals surface area contributed by atoms with Crippen molar-refractivity contribution in [3.05, 3.63) is 0 Å². The number of thioether (sulfide) groups is 1. The minimum atomic E-state index is -1.01. The van der Waals surface area contributed by atoms with E-state index in [1.807, 2.05) is 6.26 Å². The zero-order valence-electron chi connectivity index (χ0n) is 10.8. The van der Waals surface area contributed by atoms with Crippen molar-refractivity contribution < 1.29 is 14.7 Å². The Morgan fingerprint density at radius 1 is 1.29 bits per heavy atom. The molecule has 2 atom stereocenters. The van der Waals surface area contributed by atoms with Crippen LogP contribution in [0.15, 0.2) is 0 Å². The molecule has 5 nitrogen and oxygen atoms in total. The molecule has 100 valence electrons. The molecule has 0 bridgehead atoms. The van der Waals surface area contributed by atoms with Crippen LogP contribution in [0, 0.1) is 5.92 Å². The minimum Gasteiger partial charge on any atom is -0.480 e. The average molecular weight is 262 g/mol. The van der Waals surface area contributed by atoms with Crippen LogP contribution in [-0.2, 0) is 4.79 Å². The second-order valence-electron chi connectivity index (χ2n) is 4.30. The lowest BCUT2D eigenvalue weighted by Gasteiger charge is -2.18. The van der Waals surface area contributed by atoms with Gasteiger partial charge in [0, 0.05) is 11.8 Å². The molecule has 0 fully saturated rings. The number of amides is 2. The number of carboxylic acids is 1. The van der Waals surface area contributed by atoms with Crippen LogP contribution in [0.25, 0.3) is 0 Å². The maximum atomic E-state index is 11.4. The zero-order chi connectivity index (χ0) is 13.4. The number of nitrogens with one attached hydrogen (secondary N) is 2. The van der Waals surface area contributed by atoms with Gasteiger partial charge in [-0.15, -0.1) is 0 Å². The van der Waals surface area contributed by atoms with Gasteiger partial charge in [0.15, 0.2) is 0 Å². The Balaban J connectivity index is 3.95. The summed E-state index contributed by atoms with van der Waals surface area (Å²) in [6, 6.07) is -1.26. The minimum absolute atomic E-state index is 0.136. The van der Waals surface area contributed by atoms with Crippen molar-refractivity contribution in [2.24, 2.45) is 5.92 Å². The Morgan fingerprint density at radius 3 is 2.29 bits per heavy atom. The summed E-state index contributed by atoms with van der Waals surface area (Å²) in [5, 5.41) is 14.5. The van der Waals surface area contributed by atoms with E-state index in [1.165, 1.54) is 0 Å². The van der Waals surface area contributed by atoms with E-state index in [0.717, 1.165) is 6.42 Å². The van der Waals surface area contributed by atoms with Crippen molar-refractivity contribution >= 4 is 23.8 Å². The lowest BCUT2D eigenvalue weighted by atomic mass is 10.1. The number of carbonyl (C=O) groups excluding carboxylic acids is 1. The largest absolute Gasteiger partial charge is 0.480 e. The quantitative estimate of drug-likeness (QED) is 0.650. The van der Waals surface area contributed by atoms with Crippen molar-refractivity contribution in [2.45, 2.75) is 38.5 Å². The van der Waals surface area contributed by atoms with Crippen LogP contribution in [0.4, 0.5) is 4.79 Å². The lowest BCUT2D eigenvalue weighted by molar-refractivity contribution is -0.140. The number of hydrogen-bond acceptors (Lipinski definition) is 3. The second-order valence-corrected chi connectivity index (χ2v) is 5.57. The third-order valence-corrected chi connectivity index (χ3v) is 3.50. The Hall–Kier alpha value is -0.910. The van der Waals surface area contributed by atoms with E-state index in [4.69, 9.17) is 5.11 Å². The molecule has 6 heteroatoms. The Morgan fingerprint density at radius 2 is 1.88 bits per heavy atom. The van der Waals surface area contributed by atoms with Gasteiger partial charge in [-0.1, -0.05) is 20.8 Å². The molecule has 0 rings (SSSR count). The summed E-state index contributed by atoms with van der Waals surface area (Å²) in [5.41, 5.74) is 0. The Kier molecular flexibility index (Phi) is 7.78. The smallest absolute Gasteiger partial charge is 0.326 e. The summed E-state index contributed by atoms with van der Waals surface area (Å²) >= 11 is 1.73. The number of urea groups is 1. The number of rotatable bonds is 7. The molecule has 0 heterocycles. The Labute approximate surface area is 107 Å². The standard InChI is InChI=1S/C11H22N2O3S/c1-7(2)9(10(14)15)13-11(16)12-6-5-8(3)17-4/h7-9H,5-6H2,1-4H3,(H,14,15)(H2,12,13,16)/t8?,9-/m1/s1. The van der Waals surface area contributed by atoms with Gasteiger partial charge < -0.3 is 15.7 Å². The summed E-state index contributed by atoms with van der Waals surface area (Å²) in [7, 11) is 0. The normalized spacial score (nSPS) is 14.2. The third kappa shape index (κ3) is 7.10. The van der Waals surface area contributed by atoms with Crippen LogP contribution in [-0.4, -0.2) is 41.2 Å². The summed E-state index contributed by atoms with van der Waals surface area (Å²) in [6.45, 7) is 6.15. The van der Waals surface area contributed by atoms with Crippen molar-refractivity contribution in [3.63, 3.8) is 0 Å². The fourth-order valence-corrected chi connectivity index (χ4v) is 1.57. The first-order chi connectivity index (χ1) is 7.88. The summed E-state index contributed by atoms with van der Waals surface area (Å²) < 4.78 is 0. The number of hydrogen-bond donors (Lipinski definition) is 3. The van der Waals surface area contributed by atoms with E-state index in [9.17, 15) is 9.59 Å². The first kappa shape index (κ1) is 16.1. The molecule has 0 radical (unpaired) electrons. The number of carbonyl (C=O) groups is 2. The SMILES string of the molecule is CSC(C)CCNC(=O)N[C@@H](C(=O)O)C(C)C. The van der Waals surface area contributed by atoms with E-state index in [0.29, 0.717) is 11.8 Å². The zero-order valence-corrected chi connectivity index (χ0v) is 11.6. The van der Waals surface area contributed by atoms with Crippen molar-refractivity contribution in [1.29, 1.82) is 0 Å². The predicted octanol–water partition coefficient (Wildman–Crippen LogP) is 1.54. The van der Waals surface area contributed by atoms with Crippen LogP contribution < -0.4 is 10.6 Å². The van der Waals surface area contributed by atoms with Crippen LogP contribution in [0.5, 0.6) is 0 Å². The van der Waals surface area contributed by atoms with Gasteiger partial charge in [0.25, 0.3) is 0 Å². The van der Waals surface area contributed by atoms with Gasteiger partial charge in [-0.25, -0.2) is 9.59 Å². The molecule has 0 aliphatic rings. The summed E-state index contributed by atoms with van der Waals surface area (Å²) in [4.78, 5) is 22.3. The molecule has 0 aromatic rings. The van der Waals surface area contributed by atoms with E-state index < -0.39 is 18.0 Å². The predicted molar refractivity (Wildman–Crippen MR) is 70.4 cm³/mol. The van der Waals surface area contributed by atoms with Gasteiger partial charge in [-0.3, -0.25) is 0 Å². The highest BCUT2D eigenvalue weighted by atomic mass is 32.2. The maximum Gasteiger partial charge on any atom is 0.326 e. The highest BCUT2D eigenvalue weighted by Crippen LogP contribution is 2.07. The maximum absolute atomic E-state index is 11.4. The highest BCUT2D eigenvalue weighted by molar-refractivity contribution is 7.99. The fourth-order valence-electron chi connectivity index (χ4n) is 1.21. The van der Waals surface area contributed by atoms with Gasteiger partial charge in [0.05, 0.1) is 0 Å². The van der Waals surface area contributed by atoms with Gasteiger partial charge >= 0.3 is 12.0 Å². The van der Waals surface area contributed by atoms with Gasteiger partial charge in [-0.05, 0) is 18.6 Å². The van der Waals surface area contributed by atoms with E-state index >= 15 is 0 Å². The molecule has 1 unspecified atom stereocenters. The lowest BCUT2D eigenvalue weighted by Crippen LogP contribution is -2.48. The van der Waals surface area contributed by atoms with Crippen LogP contribution in [0.3, 0.4) is 0 Å². The first-order valence-electron chi connectivity index (χ1n) is 5.68. The van der Waals surface area contributed by atoms with Gasteiger partial charge in [0.2, 0.25) is 0 Å². The van der Waals surface area contributed by atoms with Crippen molar-refractivity contribution in [1.82, 2.24) is 10.6 Å². The van der Waals surface area contributed by atoms with E-state index in [1.54, 1.807) is 25.6 Å². The molecular formula is C11H22N2O3S. The third-order valence-electron chi connectivity index (χ3n) is 2.46. The van der Waals surface area contributed by atoms with E-state index in [2.05, 4.69) is 17.6 Å². The molecule has 0 saturated carbocycles. The molecule has 0 saturated heterocycles. The molecule has 0 aliphatic heterocycles. The molecule has 0 aromatic carbocycles. The van der Waals surface area contributed by atoms with Crippen molar-refractivity contribution in [2.75, 3.05) is 12.8 Å².